The van der Waals surface area contributed by atoms with E-state index in [9.17, 15) is 9.59 Å². The molecule has 0 aliphatic carbocycles. The first-order valence-electron chi connectivity index (χ1n) is 8.53. The van der Waals surface area contributed by atoms with Gasteiger partial charge in [-0.05, 0) is 43.4 Å². The third-order valence-corrected chi connectivity index (χ3v) is 4.60. The van der Waals surface area contributed by atoms with E-state index >= 15 is 0 Å². The average molecular weight is 333 g/mol. The van der Waals surface area contributed by atoms with E-state index in [0.717, 1.165) is 30.6 Å². The number of fused-ring (bicyclic) bond motifs is 1. The fourth-order valence-electron chi connectivity index (χ4n) is 3.39. The van der Waals surface area contributed by atoms with Crippen LogP contribution in [0.2, 0.25) is 0 Å². The summed E-state index contributed by atoms with van der Waals surface area (Å²) >= 11 is 0. The normalized spacial score (nSPS) is 19.8. The fourth-order valence-corrected chi connectivity index (χ4v) is 3.39. The molecule has 0 bridgehead atoms. The zero-order valence-electron chi connectivity index (χ0n) is 13.7. The zero-order chi connectivity index (χ0) is 16.9. The number of piperidine rings is 1. The van der Waals surface area contributed by atoms with E-state index in [2.05, 4.69) is 0 Å². The first-order valence-corrected chi connectivity index (χ1v) is 8.53. The summed E-state index contributed by atoms with van der Waals surface area (Å²) in [6, 6.07) is 5.64. The van der Waals surface area contributed by atoms with E-state index in [-0.39, 0.29) is 18.4 Å². The van der Waals surface area contributed by atoms with Crippen molar-refractivity contribution in [2.75, 3.05) is 19.8 Å². The lowest BCUT2D eigenvalue weighted by atomic mass is 9.97. The Labute approximate surface area is 141 Å². The highest BCUT2D eigenvalue weighted by Crippen LogP contribution is 2.31. The molecule has 3 rings (SSSR count). The monoisotopic (exact) mass is 333 g/mol. The predicted octanol–water partition coefficient (Wildman–Crippen LogP) is 2.25. The van der Waals surface area contributed by atoms with Crippen molar-refractivity contribution in [3.8, 4) is 11.5 Å². The third-order valence-electron chi connectivity index (χ3n) is 4.60. The van der Waals surface area contributed by atoms with Crippen LogP contribution < -0.4 is 9.47 Å². The number of nitrogens with zero attached hydrogens (tertiary/aromatic N) is 1. The van der Waals surface area contributed by atoms with E-state index < -0.39 is 5.97 Å². The Morgan fingerprint density at radius 1 is 1.17 bits per heavy atom. The van der Waals surface area contributed by atoms with Gasteiger partial charge in [-0.3, -0.25) is 9.59 Å². The second-order valence-corrected chi connectivity index (χ2v) is 6.32. The highest BCUT2D eigenvalue weighted by Gasteiger charge is 2.27. The van der Waals surface area contributed by atoms with Gasteiger partial charge in [0.1, 0.15) is 13.2 Å². The number of hydrogen-bond acceptors (Lipinski definition) is 4. The van der Waals surface area contributed by atoms with Crippen LogP contribution in [0.4, 0.5) is 0 Å². The molecule has 1 N–H and O–H groups in total. The summed E-state index contributed by atoms with van der Waals surface area (Å²) in [5, 5.41) is 8.89. The standard InChI is InChI=1S/C18H23NO5/c20-17(19-8-2-1-3-14(19)5-7-18(21)22)12-13-4-6-15-16(11-13)24-10-9-23-15/h4,6,11,14H,1-3,5,7-10,12H2,(H,21,22). The maximum Gasteiger partial charge on any atom is 0.303 e. The summed E-state index contributed by atoms with van der Waals surface area (Å²) in [4.78, 5) is 25.4. The summed E-state index contributed by atoms with van der Waals surface area (Å²) in [6.07, 6.45) is 3.87. The van der Waals surface area contributed by atoms with Gasteiger partial charge in [0.15, 0.2) is 11.5 Å². The molecular formula is C18H23NO5. The van der Waals surface area contributed by atoms with Crippen LogP contribution in [0.5, 0.6) is 11.5 Å². The van der Waals surface area contributed by atoms with Crippen molar-refractivity contribution in [2.24, 2.45) is 0 Å². The van der Waals surface area contributed by atoms with Crippen LogP contribution in [0.1, 0.15) is 37.7 Å². The molecule has 0 aromatic heterocycles. The van der Waals surface area contributed by atoms with Crippen LogP contribution in [-0.2, 0) is 16.0 Å². The van der Waals surface area contributed by atoms with Gasteiger partial charge in [0.05, 0.1) is 6.42 Å². The molecule has 0 spiro atoms. The maximum atomic E-state index is 12.7. The van der Waals surface area contributed by atoms with Crippen LogP contribution in [0.25, 0.3) is 0 Å². The van der Waals surface area contributed by atoms with Crippen LogP contribution in [0.15, 0.2) is 18.2 Å². The first kappa shape index (κ1) is 16.6. The summed E-state index contributed by atoms with van der Waals surface area (Å²) in [5.41, 5.74) is 0.895. The topological polar surface area (TPSA) is 76.1 Å². The van der Waals surface area contributed by atoms with Crippen molar-refractivity contribution in [1.82, 2.24) is 4.90 Å². The van der Waals surface area contributed by atoms with Gasteiger partial charge in [-0.15, -0.1) is 0 Å². The van der Waals surface area contributed by atoms with Crippen LogP contribution in [-0.4, -0.2) is 47.7 Å². The summed E-state index contributed by atoms with van der Waals surface area (Å²) in [6.45, 7) is 1.78. The number of carbonyl (C=O) groups is 2. The number of rotatable bonds is 5. The number of amides is 1. The molecule has 1 saturated heterocycles. The number of likely N-dealkylation sites (tertiary alicyclic amines) is 1. The SMILES string of the molecule is O=C(O)CCC1CCCCN1C(=O)Cc1ccc2c(c1)OCCO2. The number of benzene rings is 1. The van der Waals surface area contributed by atoms with E-state index in [0.29, 0.717) is 38.3 Å². The molecular weight excluding hydrogens is 310 g/mol. The van der Waals surface area contributed by atoms with Gasteiger partial charge in [-0.25, -0.2) is 0 Å². The maximum absolute atomic E-state index is 12.7. The van der Waals surface area contributed by atoms with E-state index in [1.54, 1.807) is 0 Å². The molecule has 2 aliphatic rings. The van der Waals surface area contributed by atoms with Crippen LogP contribution in [0.3, 0.4) is 0 Å². The largest absolute Gasteiger partial charge is 0.486 e. The fraction of sp³-hybridized carbons (Fsp3) is 0.556. The minimum Gasteiger partial charge on any atom is -0.486 e. The lowest BCUT2D eigenvalue weighted by Crippen LogP contribution is -2.44. The predicted molar refractivity (Wildman–Crippen MR) is 87.4 cm³/mol. The van der Waals surface area contributed by atoms with E-state index in [1.807, 2.05) is 23.1 Å². The molecule has 1 aromatic rings. The minimum atomic E-state index is -0.806. The smallest absolute Gasteiger partial charge is 0.303 e. The molecule has 0 radical (unpaired) electrons. The molecule has 24 heavy (non-hydrogen) atoms. The minimum absolute atomic E-state index is 0.0413. The lowest BCUT2D eigenvalue weighted by molar-refractivity contribution is -0.139. The van der Waals surface area contributed by atoms with Crippen molar-refractivity contribution in [1.29, 1.82) is 0 Å². The highest BCUT2D eigenvalue weighted by molar-refractivity contribution is 5.79. The third kappa shape index (κ3) is 3.99. The Hall–Kier alpha value is -2.24. The molecule has 6 heteroatoms. The summed E-state index contributed by atoms with van der Waals surface area (Å²) in [5.74, 6) is 0.656. The quantitative estimate of drug-likeness (QED) is 0.894. The van der Waals surface area contributed by atoms with Crippen molar-refractivity contribution in [2.45, 2.75) is 44.6 Å². The molecule has 130 valence electrons. The molecule has 1 fully saturated rings. The second-order valence-electron chi connectivity index (χ2n) is 6.32. The van der Waals surface area contributed by atoms with Crippen LogP contribution >= 0.6 is 0 Å². The van der Waals surface area contributed by atoms with Gasteiger partial charge in [0.2, 0.25) is 5.91 Å². The second kappa shape index (κ2) is 7.55. The highest BCUT2D eigenvalue weighted by atomic mass is 16.6. The van der Waals surface area contributed by atoms with Crippen molar-refractivity contribution >= 4 is 11.9 Å². The summed E-state index contributed by atoms with van der Waals surface area (Å²) in [7, 11) is 0. The first-order chi connectivity index (χ1) is 11.6. The Kier molecular flexibility index (Phi) is 5.23. The molecule has 1 aromatic carbocycles. The molecule has 2 aliphatic heterocycles. The summed E-state index contributed by atoms with van der Waals surface area (Å²) < 4.78 is 11.1. The van der Waals surface area contributed by atoms with Crippen molar-refractivity contribution in [3.63, 3.8) is 0 Å². The Morgan fingerprint density at radius 2 is 1.96 bits per heavy atom. The van der Waals surface area contributed by atoms with Gasteiger partial charge in [0.25, 0.3) is 0 Å². The molecule has 0 saturated carbocycles. The van der Waals surface area contributed by atoms with E-state index in [4.69, 9.17) is 14.6 Å². The van der Waals surface area contributed by atoms with Crippen molar-refractivity contribution in [3.05, 3.63) is 23.8 Å². The molecule has 1 atom stereocenters. The number of carboxylic acids is 1. The molecule has 1 unspecified atom stereocenters. The lowest BCUT2D eigenvalue weighted by Gasteiger charge is -2.36. The molecule has 2 heterocycles. The average Bonchev–Trinajstić information content (AvgIpc) is 2.60. The van der Waals surface area contributed by atoms with Gasteiger partial charge in [-0.2, -0.15) is 0 Å². The number of aliphatic carboxylic acids is 1. The number of carbonyl (C=O) groups excluding carboxylic acids is 1. The van der Waals surface area contributed by atoms with E-state index in [1.165, 1.54) is 0 Å². The van der Waals surface area contributed by atoms with Gasteiger partial charge < -0.3 is 19.5 Å². The van der Waals surface area contributed by atoms with Gasteiger partial charge in [-0.1, -0.05) is 6.07 Å². The number of ether oxygens (including phenoxy) is 2. The van der Waals surface area contributed by atoms with Gasteiger partial charge >= 0.3 is 5.97 Å². The Balaban J connectivity index is 1.65. The number of carboxylic acid groups (broad SMARTS) is 1. The Morgan fingerprint density at radius 3 is 2.75 bits per heavy atom. The van der Waals surface area contributed by atoms with Crippen molar-refractivity contribution < 1.29 is 24.2 Å². The number of hydrogen-bond donors (Lipinski definition) is 1. The van der Waals surface area contributed by atoms with Gasteiger partial charge in [0, 0.05) is 19.0 Å². The zero-order valence-corrected chi connectivity index (χ0v) is 13.7. The van der Waals surface area contributed by atoms with Crippen LogP contribution in [0, 0.1) is 0 Å². The molecule has 6 nitrogen and oxygen atoms in total. The Bertz CT molecular complexity index is 615. The molecule has 1 amide bonds.